The molecular weight excluding hydrogens is 319 g/mol. The molecular formula is C17H24F3N3O. The standard InChI is InChI=1S/C17H24F3N3O/c1-11(2)12-9-23(10-15(12)22(3)4)16(24)21-14-8-6-5-7-13(14)17(18,19)20/h5-8,11-12,15H,9-10H2,1-4H3,(H,21,24)/t12-,15+/m0/s1. The number of anilines is 1. The second-order valence-electron chi connectivity index (χ2n) is 6.82. The topological polar surface area (TPSA) is 35.6 Å². The van der Waals surface area contributed by atoms with Crippen LogP contribution >= 0.6 is 0 Å². The predicted octanol–water partition coefficient (Wildman–Crippen LogP) is 3.76. The highest BCUT2D eigenvalue weighted by Crippen LogP contribution is 2.35. The van der Waals surface area contributed by atoms with Crippen molar-refractivity contribution in [2.75, 3.05) is 32.5 Å². The van der Waals surface area contributed by atoms with Gasteiger partial charge >= 0.3 is 12.2 Å². The monoisotopic (exact) mass is 343 g/mol. The third-order valence-corrected chi connectivity index (χ3v) is 4.61. The molecule has 2 rings (SSSR count). The summed E-state index contributed by atoms with van der Waals surface area (Å²) in [7, 11) is 3.92. The Hall–Kier alpha value is -1.76. The lowest BCUT2D eigenvalue weighted by atomic mass is 9.91. The van der Waals surface area contributed by atoms with Crippen LogP contribution < -0.4 is 5.32 Å². The minimum atomic E-state index is -4.50. The predicted molar refractivity (Wildman–Crippen MR) is 87.8 cm³/mol. The minimum Gasteiger partial charge on any atom is -0.323 e. The third kappa shape index (κ3) is 4.01. The van der Waals surface area contributed by atoms with E-state index in [1.165, 1.54) is 18.2 Å². The van der Waals surface area contributed by atoms with E-state index in [4.69, 9.17) is 0 Å². The Morgan fingerprint density at radius 3 is 2.38 bits per heavy atom. The van der Waals surface area contributed by atoms with E-state index in [1.54, 1.807) is 4.90 Å². The number of halogens is 3. The average molecular weight is 343 g/mol. The molecule has 0 saturated carbocycles. The summed E-state index contributed by atoms with van der Waals surface area (Å²) in [6.45, 7) is 5.25. The van der Waals surface area contributed by atoms with E-state index < -0.39 is 17.8 Å². The minimum absolute atomic E-state index is 0.202. The molecule has 0 aromatic heterocycles. The molecule has 1 N–H and O–H groups in total. The van der Waals surface area contributed by atoms with Crippen LogP contribution in [0.3, 0.4) is 0 Å². The molecule has 24 heavy (non-hydrogen) atoms. The number of nitrogens with zero attached hydrogens (tertiary/aromatic N) is 2. The zero-order valence-electron chi connectivity index (χ0n) is 14.4. The van der Waals surface area contributed by atoms with Crippen LogP contribution in [0.1, 0.15) is 19.4 Å². The number of likely N-dealkylation sites (tertiary alicyclic amines) is 1. The fraction of sp³-hybridized carbons (Fsp3) is 0.588. The molecule has 1 fully saturated rings. The number of carbonyl (C=O) groups excluding carboxylic acids is 1. The first-order chi connectivity index (χ1) is 11.1. The van der Waals surface area contributed by atoms with Gasteiger partial charge in [0.15, 0.2) is 0 Å². The maximum atomic E-state index is 13.0. The molecule has 1 heterocycles. The number of likely N-dealkylation sites (N-methyl/N-ethyl adjacent to an activating group) is 1. The Morgan fingerprint density at radius 2 is 1.88 bits per heavy atom. The van der Waals surface area contributed by atoms with Crippen LogP contribution in [0.5, 0.6) is 0 Å². The number of nitrogens with one attached hydrogen (secondary N) is 1. The SMILES string of the molecule is CC(C)[C@@H]1CN(C(=O)Nc2ccccc2C(F)(F)F)C[C@H]1N(C)C. The van der Waals surface area contributed by atoms with Gasteiger partial charge in [-0.25, -0.2) is 4.79 Å². The second-order valence-corrected chi connectivity index (χ2v) is 6.82. The number of urea groups is 1. The summed E-state index contributed by atoms with van der Waals surface area (Å²) < 4.78 is 39.1. The highest BCUT2D eigenvalue weighted by atomic mass is 19.4. The van der Waals surface area contributed by atoms with Crippen molar-refractivity contribution in [1.82, 2.24) is 9.80 Å². The summed E-state index contributed by atoms with van der Waals surface area (Å²) in [4.78, 5) is 16.1. The fourth-order valence-electron chi connectivity index (χ4n) is 3.21. The molecule has 1 aliphatic rings. The maximum Gasteiger partial charge on any atom is 0.418 e. The number of benzene rings is 1. The summed E-state index contributed by atoms with van der Waals surface area (Å²) in [6.07, 6.45) is -4.50. The third-order valence-electron chi connectivity index (χ3n) is 4.61. The smallest absolute Gasteiger partial charge is 0.323 e. The number of amides is 2. The largest absolute Gasteiger partial charge is 0.418 e. The van der Waals surface area contributed by atoms with E-state index in [0.29, 0.717) is 24.9 Å². The lowest BCUT2D eigenvalue weighted by molar-refractivity contribution is -0.136. The summed E-state index contributed by atoms with van der Waals surface area (Å²) >= 11 is 0. The lowest BCUT2D eigenvalue weighted by Crippen LogP contribution is -2.38. The van der Waals surface area contributed by atoms with Crippen molar-refractivity contribution < 1.29 is 18.0 Å². The zero-order chi connectivity index (χ0) is 18.1. The van der Waals surface area contributed by atoms with Crippen LogP contribution in [-0.2, 0) is 6.18 Å². The Kier molecular flexibility index (Phi) is 5.42. The van der Waals surface area contributed by atoms with Crippen molar-refractivity contribution in [3.8, 4) is 0 Å². The molecule has 2 atom stereocenters. The van der Waals surface area contributed by atoms with Crippen LogP contribution in [0, 0.1) is 11.8 Å². The number of para-hydroxylation sites is 1. The second kappa shape index (κ2) is 7.01. The van der Waals surface area contributed by atoms with E-state index >= 15 is 0 Å². The van der Waals surface area contributed by atoms with E-state index in [-0.39, 0.29) is 11.7 Å². The molecule has 1 aliphatic heterocycles. The van der Waals surface area contributed by atoms with E-state index in [9.17, 15) is 18.0 Å². The van der Waals surface area contributed by atoms with Crippen molar-refractivity contribution >= 4 is 11.7 Å². The molecule has 0 unspecified atom stereocenters. The van der Waals surface area contributed by atoms with Crippen LogP contribution in [0.25, 0.3) is 0 Å². The summed E-state index contributed by atoms with van der Waals surface area (Å²) in [5.74, 6) is 0.682. The van der Waals surface area contributed by atoms with Gasteiger partial charge in [0, 0.05) is 19.1 Å². The van der Waals surface area contributed by atoms with Crippen molar-refractivity contribution in [1.29, 1.82) is 0 Å². The van der Waals surface area contributed by atoms with Gasteiger partial charge in [-0.2, -0.15) is 13.2 Å². The van der Waals surface area contributed by atoms with Crippen LogP contribution in [0.2, 0.25) is 0 Å². The normalized spacial score (nSPS) is 21.6. The molecule has 0 aliphatic carbocycles. The number of hydrogen-bond acceptors (Lipinski definition) is 2. The van der Waals surface area contributed by atoms with Gasteiger partial charge in [-0.15, -0.1) is 0 Å². The number of rotatable bonds is 3. The molecule has 134 valence electrons. The van der Waals surface area contributed by atoms with E-state index in [2.05, 4.69) is 24.1 Å². The van der Waals surface area contributed by atoms with Crippen molar-refractivity contribution in [2.24, 2.45) is 11.8 Å². The maximum absolute atomic E-state index is 13.0. The van der Waals surface area contributed by atoms with Gasteiger partial charge in [-0.3, -0.25) is 0 Å². The first-order valence-corrected chi connectivity index (χ1v) is 7.99. The fourth-order valence-corrected chi connectivity index (χ4v) is 3.21. The highest BCUT2D eigenvalue weighted by Gasteiger charge is 2.39. The molecule has 0 radical (unpaired) electrons. The quantitative estimate of drug-likeness (QED) is 0.907. The van der Waals surface area contributed by atoms with Crippen molar-refractivity contribution in [2.45, 2.75) is 26.1 Å². The van der Waals surface area contributed by atoms with Gasteiger partial charge < -0.3 is 15.1 Å². The van der Waals surface area contributed by atoms with Gasteiger partial charge in [0.2, 0.25) is 0 Å². The molecule has 2 amide bonds. The molecule has 1 aromatic rings. The Balaban J connectivity index is 2.14. The summed E-state index contributed by atoms with van der Waals surface area (Å²) in [6, 6.07) is 4.76. The molecule has 0 bridgehead atoms. The Labute approximate surface area is 140 Å². The van der Waals surface area contributed by atoms with Gasteiger partial charge in [-0.05, 0) is 38.1 Å². The average Bonchev–Trinajstić information content (AvgIpc) is 2.92. The molecule has 1 aromatic carbocycles. The van der Waals surface area contributed by atoms with Crippen LogP contribution in [-0.4, -0.2) is 49.1 Å². The molecule has 1 saturated heterocycles. The molecule has 4 nitrogen and oxygen atoms in total. The number of alkyl halides is 3. The van der Waals surface area contributed by atoms with Crippen LogP contribution in [0.15, 0.2) is 24.3 Å². The van der Waals surface area contributed by atoms with Crippen molar-refractivity contribution in [3.63, 3.8) is 0 Å². The first-order valence-electron chi connectivity index (χ1n) is 7.99. The Morgan fingerprint density at radius 1 is 1.25 bits per heavy atom. The molecule has 0 spiro atoms. The van der Waals surface area contributed by atoms with Crippen LogP contribution in [0.4, 0.5) is 23.7 Å². The van der Waals surface area contributed by atoms with Gasteiger partial charge in [0.05, 0.1) is 11.3 Å². The van der Waals surface area contributed by atoms with Gasteiger partial charge in [0.1, 0.15) is 0 Å². The molecule has 7 heteroatoms. The van der Waals surface area contributed by atoms with Gasteiger partial charge in [0.25, 0.3) is 0 Å². The zero-order valence-corrected chi connectivity index (χ0v) is 14.4. The number of carbonyl (C=O) groups is 1. The Bertz CT molecular complexity index is 571. The lowest BCUT2D eigenvalue weighted by Gasteiger charge is -2.27. The first kappa shape index (κ1) is 18.6. The number of hydrogen-bond donors (Lipinski definition) is 1. The van der Waals surface area contributed by atoms with E-state index in [0.717, 1.165) is 6.07 Å². The van der Waals surface area contributed by atoms with E-state index in [1.807, 2.05) is 14.1 Å². The van der Waals surface area contributed by atoms with Gasteiger partial charge in [-0.1, -0.05) is 26.0 Å². The summed E-state index contributed by atoms with van der Waals surface area (Å²) in [5, 5.41) is 2.43. The summed E-state index contributed by atoms with van der Waals surface area (Å²) in [5.41, 5.74) is -1.04. The van der Waals surface area contributed by atoms with Crippen molar-refractivity contribution in [3.05, 3.63) is 29.8 Å². The highest BCUT2D eigenvalue weighted by molar-refractivity contribution is 5.90.